The average molecular weight is 549 g/mol. The van der Waals surface area contributed by atoms with Gasteiger partial charge in [0.15, 0.2) is 0 Å². The van der Waals surface area contributed by atoms with Gasteiger partial charge < -0.3 is 10.4 Å². The molecule has 38 heavy (non-hydrogen) atoms. The van der Waals surface area contributed by atoms with E-state index in [0.29, 0.717) is 23.6 Å². The number of halogens is 5. The third kappa shape index (κ3) is 5.40. The molecule has 0 spiro atoms. The van der Waals surface area contributed by atoms with E-state index in [2.05, 4.69) is 11.4 Å². The number of carbonyl (C=O) groups is 2. The summed E-state index contributed by atoms with van der Waals surface area (Å²) in [5.74, 6) is -4.25. The van der Waals surface area contributed by atoms with Crippen molar-refractivity contribution >= 4 is 29.2 Å². The Morgan fingerprint density at radius 1 is 1.13 bits per heavy atom. The minimum Gasteiger partial charge on any atom is -0.478 e. The summed E-state index contributed by atoms with van der Waals surface area (Å²) >= 11 is 5.72. The van der Waals surface area contributed by atoms with Gasteiger partial charge in [-0.1, -0.05) is 11.6 Å². The number of hydrogen-bond acceptors (Lipinski definition) is 4. The second-order valence-corrected chi connectivity index (χ2v) is 9.40. The monoisotopic (exact) mass is 548 g/mol. The summed E-state index contributed by atoms with van der Waals surface area (Å²) in [5.41, 5.74) is -3.12. The largest absolute Gasteiger partial charge is 0.478 e. The molecule has 1 heterocycles. The van der Waals surface area contributed by atoms with Crippen LogP contribution in [0.15, 0.2) is 54.7 Å². The lowest BCUT2D eigenvalue weighted by atomic mass is 9.88. The van der Waals surface area contributed by atoms with Gasteiger partial charge in [0.1, 0.15) is 11.7 Å². The minimum atomic E-state index is -4.91. The van der Waals surface area contributed by atoms with Crippen molar-refractivity contribution < 1.29 is 42.2 Å². The molecule has 1 atom stereocenters. The fourth-order valence-corrected chi connectivity index (χ4v) is 4.31. The lowest BCUT2D eigenvalue weighted by molar-refractivity contribution is -0.909. The highest BCUT2D eigenvalue weighted by molar-refractivity contribution is 6.31. The van der Waals surface area contributed by atoms with Crippen LogP contribution in [0, 0.1) is 22.6 Å². The maximum atomic E-state index is 14.7. The van der Waals surface area contributed by atoms with E-state index < -0.39 is 51.4 Å². The molecule has 7 nitrogen and oxygen atoms in total. The van der Waals surface area contributed by atoms with Crippen LogP contribution in [0.5, 0.6) is 0 Å². The van der Waals surface area contributed by atoms with Gasteiger partial charge in [-0.05, 0) is 61.7 Å². The number of benzene rings is 2. The fraction of sp³-hybridized carbons (Fsp3) is 0.231. The van der Waals surface area contributed by atoms with Gasteiger partial charge in [-0.25, -0.2) is 9.18 Å². The van der Waals surface area contributed by atoms with Gasteiger partial charge in [0, 0.05) is 22.0 Å². The molecular weight excluding hydrogens is 530 g/mol. The number of aromatic nitrogens is 1. The molecule has 3 aromatic rings. The quantitative estimate of drug-likeness (QED) is 0.196. The minimum absolute atomic E-state index is 0.00176. The number of carboxylic acid groups (broad SMARTS) is 1. The topological polar surface area (TPSA) is 114 Å². The number of rotatable bonds is 7. The molecule has 2 aromatic carbocycles. The number of amides is 1. The predicted molar refractivity (Wildman–Crippen MR) is 126 cm³/mol. The molecule has 0 aliphatic heterocycles. The summed E-state index contributed by atoms with van der Waals surface area (Å²) in [4.78, 5) is 24.3. The van der Waals surface area contributed by atoms with Crippen molar-refractivity contribution in [2.45, 2.75) is 31.4 Å². The van der Waals surface area contributed by atoms with Crippen molar-refractivity contribution in [1.29, 1.82) is 5.26 Å². The highest BCUT2D eigenvalue weighted by Crippen LogP contribution is 2.51. The van der Waals surface area contributed by atoms with Gasteiger partial charge in [-0.3, -0.25) is 10.0 Å². The molecule has 12 heteroatoms. The number of alkyl halides is 3. The molecule has 1 unspecified atom stereocenters. The number of nitrogens with one attached hydrogen (secondary N) is 1. The zero-order valence-electron chi connectivity index (χ0n) is 19.4. The first-order chi connectivity index (χ1) is 17.8. The molecule has 4 rings (SSSR count). The number of carbonyl (C=O) groups excluding carboxylic acids is 1. The molecule has 196 valence electrons. The molecule has 0 saturated heterocycles. The van der Waals surface area contributed by atoms with Crippen LogP contribution in [0.1, 0.15) is 46.8 Å². The van der Waals surface area contributed by atoms with Gasteiger partial charge >= 0.3 is 12.1 Å². The number of aromatic carboxylic acids is 1. The number of anilines is 1. The van der Waals surface area contributed by atoms with Crippen LogP contribution < -0.4 is 10.0 Å². The van der Waals surface area contributed by atoms with Crippen molar-refractivity contribution in [2.75, 3.05) is 5.32 Å². The summed E-state index contributed by atoms with van der Waals surface area (Å²) in [6.45, 7) is 0. The highest BCUT2D eigenvalue weighted by Gasteiger charge is 2.48. The van der Waals surface area contributed by atoms with E-state index in [0.717, 1.165) is 18.3 Å². The van der Waals surface area contributed by atoms with Gasteiger partial charge in [-0.15, -0.1) is 0 Å². The maximum absolute atomic E-state index is 14.7. The molecule has 1 saturated carbocycles. The SMILES string of the molecule is N#CC1(CC(C(=O)Nc2ccc(C(=O)O)cc2)c2ccc(-c3c(C(F)(F)F)ccc(Cl)c3F)c[n+]2O)CC1. The summed E-state index contributed by atoms with van der Waals surface area (Å²) in [5, 5.41) is 31.4. The van der Waals surface area contributed by atoms with Crippen LogP contribution >= 0.6 is 11.6 Å². The van der Waals surface area contributed by atoms with E-state index in [1.807, 2.05) is 0 Å². The third-order valence-corrected chi connectivity index (χ3v) is 6.70. The van der Waals surface area contributed by atoms with E-state index in [9.17, 15) is 37.6 Å². The molecule has 1 aliphatic carbocycles. The molecular formula is C26H19ClF4N3O4+. The van der Waals surface area contributed by atoms with Crippen LogP contribution in [-0.2, 0) is 11.0 Å². The van der Waals surface area contributed by atoms with E-state index in [4.69, 9.17) is 16.7 Å². The summed E-state index contributed by atoms with van der Waals surface area (Å²) in [6.07, 6.45) is -3.03. The van der Waals surface area contributed by atoms with Crippen LogP contribution in [0.4, 0.5) is 23.2 Å². The van der Waals surface area contributed by atoms with Crippen LogP contribution in [0.3, 0.4) is 0 Å². The number of carboxylic acids is 1. The maximum Gasteiger partial charge on any atom is 0.417 e. The van der Waals surface area contributed by atoms with Gasteiger partial charge in [0.2, 0.25) is 17.8 Å². The van der Waals surface area contributed by atoms with Crippen molar-refractivity contribution in [3.8, 4) is 17.2 Å². The highest BCUT2D eigenvalue weighted by atomic mass is 35.5. The van der Waals surface area contributed by atoms with Crippen molar-refractivity contribution in [3.63, 3.8) is 0 Å². The lowest BCUT2D eigenvalue weighted by Crippen LogP contribution is -2.40. The summed E-state index contributed by atoms with van der Waals surface area (Å²) in [7, 11) is 0. The third-order valence-electron chi connectivity index (χ3n) is 6.41. The molecule has 0 bridgehead atoms. The van der Waals surface area contributed by atoms with Crippen molar-refractivity contribution in [2.24, 2.45) is 5.41 Å². The smallest absolute Gasteiger partial charge is 0.417 e. The molecule has 1 amide bonds. The Morgan fingerprint density at radius 2 is 1.79 bits per heavy atom. The molecule has 1 fully saturated rings. The standard InChI is InChI=1S/C26H18ClF4N3O4/c27-19-7-6-18(26(29,30)31)21(22(19)28)15-3-8-20(34(38)12-15)17(11-25(13-32)9-10-25)23(35)33-16-4-1-14(2-5-16)24(36)37/h1-8,12,17H,9-11H2,(H2-,33,35,36,37,38)/p+1. The Kier molecular flexibility index (Phi) is 7.04. The second-order valence-electron chi connectivity index (χ2n) is 8.99. The number of hydrogen-bond donors (Lipinski definition) is 3. The van der Waals surface area contributed by atoms with E-state index in [1.165, 1.54) is 30.3 Å². The van der Waals surface area contributed by atoms with Gasteiger partial charge in [0.05, 0.1) is 33.2 Å². The molecule has 0 radical (unpaired) electrons. The molecule has 3 N–H and O–H groups in total. The second kappa shape index (κ2) is 9.95. The van der Waals surface area contributed by atoms with Crippen molar-refractivity contribution in [1.82, 2.24) is 0 Å². The van der Waals surface area contributed by atoms with E-state index in [-0.39, 0.29) is 28.9 Å². The average Bonchev–Trinajstić information content (AvgIpc) is 3.64. The predicted octanol–water partition coefficient (Wildman–Crippen LogP) is 5.80. The van der Waals surface area contributed by atoms with Crippen LogP contribution in [0.2, 0.25) is 5.02 Å². The first kappa shape index (κ1) is 26.9. The fourth-order valence-electron chi connectivity index (χ4n) is 4.15. The Hall–Kier alpha value is -4.17. The first-order valence-electron chi connectivity index (χ1n) is 11.2. The van der Waals surface area contributed by atoms with E-state index >= 15 is 0 Å². The van der Waals surface area contributed by atoms with Crippen LogP contribution in [0.25, 0.3) is 11.1 Å². The van der Waals surface area contributed by atoms with Gasteiger partial charge in [-0.2, -0.15) is 18.4 Å². The normalized spacial score (nSPS) is 14.8. The van der Waals surface area contributed by atoms with Crippen molar-refractivity contribution in [3.05, 3.63) is 82.4 Å². The zero-order chi connectivity index (χ0) is 27.8. The lowest BCUT2D eigenvalue weighted by Gasteiger charge is -2.17. The van der Waals surface area contributed by atoms with E-state index in [1.54, 1.807) is 0 Å². The van der Waals surface area contributed by atoms with Gasteiger partial charge in [0.25, 0.3) is 0 Å². The Bertz CT molecular complexity index is 1470. The first-order valence-corrected chi connectivity index (χ1v) is 11.6. The summed E-state index contributed by atoms with van der Waals surface area (Å²) in [6, 6.07) is 11.2. The number of pyridine rings is 1. The number of nitrogens with zero attached hydrogens (tertiary/aromatic N) is 2. The Morgan fingerprint density at radius 3 is 2.32 bits per heavy atom. The Balaban J connectivity index is 1.72. The number of nitriles is 1. The molecule has 1 aliphatic rings. The Labute approximate surface area is 218 Å². The zero-order valence-corrected chi connectivity index (χ0v) is 20.1. The van der Waals surface area contributed by atoms with Crippen LogP contribution in [-0.4, -0.2) is 22.2 Å². The summed E-state index contributed by atoms with van der Waals surface area (Å²) < 4.78 is 55.9. The molecule has 1 aromatic heterocycles.